The van der Waals surface area contributed by atoms with E-state index in [0.717, 1.165) is 32.7 Å². The maximum absolute atomic E-state index is 13.0. The van der Waals surface area contributed by atoms with Crippen LogP contribution in [-0.4, -0.2) is 20.9 Å². The molecule has 3 nitrogen and oxygen atoms in total. The van der Waals surface area contributed by atoms with Crippen molar-refractivity contribution in [2.45, 2.75) is 25.0 Å². The summed E-state index contributed by atoms with van der Waals surface area (Å²) in [6.45, 7) is 5.17. The minimum Gasteiger partial charge on any atom is -0.291 e. The minimum atomic E-state index is -1.90. The summed E-state index contributed by atoms with van der Waals surface area (Å²) >= 11 is 6.52. The van der Waals surface area contributed by atoms with Crippen LogP contribution in [0.4, 0.5) is 0 Å². The number of Topliss-reactive ketones (excluding diaryl/α,β-unsaturated/α-hetero) is 2. The van der Waals surface area contributed by atoms with Crippen molar-refractivity contribution in [2.75, 3.05) is 0 Å². The van der Waals surface area contributed by atoms with Crippen LogP contribution in [0.3, 0.4) is 0 Å². The molecular weight excluding hydrogens is 376 g/mol. The minimum absolute atomic E-state index is 0.233. The van der Waals surface area contributed by atoms with E-state index in [1.807, 2.05) is 13.8 Å². The average molecular weight is 393 g/mol. The van der Waals surface area contributed by atoms with Crippen molar-refractivity contribution in [3.63, 3.8) is 0 Å². The molecule has 0 N–H and O–H groups in total. The third kappa shape index (κ3) is 4.75. The highest BCUT2D eigenvalue weighted by molar-refractivity contribution is 8.83. The van der Waals surface area contributed by atoms with Crippen molar-refractivity contribution in [1.82, 2.24) is 0 Å². The average Bonchev–Trinajstić information content (AvgIpc) is 2.59. The third-order valence-electron chi connectivity index (χ3n) is 3.49. The molecule has 6 heteroatoms. The zero-order valence-electron chi connectivity index (χ0n) is 14.0. The predicted octanol–water partition coefficient (Wildman–Crippen LogP) is 5.23. The number of rotatable bonds is 6. The first kappa shape index (κ1) is 19.8. The smallest absolute Gasteiger partial charge is 0.225 e. The van der Waals surface area contributed by atoms with Crippen molar-refractivity contribution in [2.24, 2.45) is 0 Å². The molecule has 0 aliphatic rings. The molecule has 0 radical (unpaired) electrons. The molecule has 0 saturated heterocycles. The molecule has 0 atom stereocenters. The first-order chi connectivity index (χ1) is 11.7. The Bertz CT molecular complexity index is 741. The van der Waals surface area contributed by atoms with Crippen molar-refractivity contribution in [1.29, 1.82) is 0 Å². The molecule has 2 aromatic carbocycles. The van der Waals surface area contributed by atoms with Crippen LogP contribution in [0, 0.1) is 13.8 Å². The molecule has 0 bridgehead atoms. The number of benzene rings is 2. The van der Waals surface area contributed by atoms with E-state index in [-0.39, 0.29) is 5.12 Å². The van der Waals surface area contributed by atoms with Gasteiger partial charge in [0, 0.05) is 18.1 Å². The molecular formula is C19H17ClO3S2. The summed E-state index contributed by atoms with van der Waals surface area (Å²) in [6.07, 6.45) is 0. The number of ketones is 2. The van der Waals surface area contributed by atoms with Crippen LogP contribution >= 0.6 is 33.2 Å². The van der Waals surface area contributed by atoms with Crippen LogP contribution in [0.5, 0.6) is 0 Å². The van der Waals surface area contributed by atoms with Crippen molar-refractivity contribution in [3.8, 4) is 0 Å². The van der Waals surface area contributed by atoms with Gasteiger partial charge >= 0.3 is 0 Å². The standard InChI is InChI=1S/C19H17ClO3S2/c1-12-4-8-15(9-5-12)17(22)19(20,25-24-14(3)21)18(23)16-10-6-13(2)7-11-16/h4-11H,1-3H3. The second-order valence-electron chi connectivity index (χ2n) is 5.64. The van der Waals surface area contributed by atoms with E-state index < -0.39 is 15.8 Å². The fraction of sp³-hybridized carbons (Fsp3) is 0.211. The molecule has 0 amide bonds. The lowest BCUT2D eigenvalue weighted by Gasteiger charge is -2.23. The van der Waals surface area contributed by atoms with Crippen LogP contribution in [0.2, 0.25) is 0 Å². The Hall–Kier alpha value is -1.56. The largest absolute Gasteiger partial charge is 0.291 e. The topological polar surface area (TPSA) is 51.2 Å². The Kier molecular flexibility index (Phi) is 6.49. The number of halogens is 1. The summed E-state index contributed by atoms with van der Waals surface area (Å²) in [5.74, 6) is -1.06. The van der Waals surface area contributed by atoms with E-state index in [4.69, 9.17) is 11.6 Å². The number of hydrogen-bond donors (Lipinski definition) is 0. The molecule has 0 aliphatic carbocycles. The van der Waals surface area contributed by atoms with Gasteiger partial charge < -0.3 is 0 Å². The second-order valence-corrected chi connectivity index (χ2v) is 8.96. The van der Waals surface area contributed by atoms with Crippen molar-refractivity contribution in [3.05, 3.63) is 70.8 Å². The van der Waals surface area contributed by atoms with Gasteiger partial charge in [0.1, 0.15) is 0 Å². The normalized spacial score (nSPS) is 11.2. The van der Waals surface area contributed by atoms with Gasteiger partial charge in [0.25, 0.3) is 0 Å². The van der Waals surface area contributed by atoms with E-state index in [0.29, 0.717) is 11.1 Å². The summed E-state index contributed by atoms with van der Waals surface area (Å²) in [6, 6.07) is 13.7. The van der Waals surface area contributed by atoms with Crippen LogP contribution in [0.25, 0.3) is 0 Å². The highest BCUT2D eigenvalue weighted by Gasteiger charge is 2.46. The second kappa shape index (κ2) is 8.21. The molecule has 25 heavy (non-hydrogen) atoms. The van der Waals surface area contributed by atoms with Gasteiger partial charge in [-0.3, -0.25) is 14.4 Å². The maximum atomic E-state index is 13.0. The first-order valence-corrected chi connectivity index (χ1v) is 10.0. The SMILES string of the molecule is CC(=O)SSC(Cl)(C(=O)c1ccc(C)cc1)C(=O)c1ccc(C)cc1. The summed E-state index contributed by atoms with van der Waals surface area (Å²) in [7, 11) is 1.57. The molecule has 2 aromatic rings. The molecule has 130 valence electrons. The van der Waals surface area contributed by atoms with E-state index >= 15 is 0 Å². The fourth-order valence-corrected chi connectivity index (χ4v) is 4.35. The van der Waals surface area contributed by atoms with Gasteiger partial charge in [-0.05, 0) is 35.4 Å². The number of carbonyl (C=O) groups is 3. The van der Waals surface area contributed by atoms with Gasteiger partial charge in [-0.15, -0.1) is 0 Å². The molecule has 0 aliphatic heterocycles. The first-order valence-electron chi connectivity index (χ1n) is 7.52. The lowest BCUT2D eigenvalue weighted by atomic mass is 9.99. The number of carbonyl (C=O) groups excluding carboxylic acids is 3. The van der Waals surface area contributed by atoms with Crippen LogP contribution < -0.4 is 0 Å². The monoisotopic (exact) mass is 392 g/mol. The third-order valence-corrected chi connectivity index (χ3v) is 6.96. The highest BCUT2D eigenvalue weighted by atomic mass is 35.5. The van der Waals surface area contributed by atoms with E-state index in [1.54, 1.807) is 48.5 Å². The van der Waals surface area contributed by atoms with Gasteiger partial charge in [-0.25, -0.2) is 0 Å². The molecule has 0 aromatic heterocycles. The Morgan fingerprint density at radius 3 is 1.48 bits per heavy atom. The molecule has 0 unspecified atom stereocenters. The van der Waals surface area contributed by atoms with Crippen molar-refractivity contribution >= 4 is 49.9 Å². The van der Waals surface area contributed by atoms with Gasteiger partial charge in [0.05, 0.1) is 0 Å². The Morgan fingerprint density at radius 1 is 0.800 bits per heavy atom. The molecule has 0 spiro atoms. The predicted molar refractivity (Wildman–Crippen MR) is 105 cm³/mol. The van der Waals surface area contributed by atoms with Crippen LogP contribution in [-0.2, 0) is 4.79 Å². The quantitative estimate of drug-likeness (QED) is 0.291. The van der Waals surface area contributed by atoms with Gasteiger partial charge in [-0.2, -0.15) is 0 Å². The summed E-state index contributed by atoms with van der Waals surface area (Å²) < 4.78 is -1.90. The van der Waals surface area contributed by atoms with E-state index in [1.165, 1.54) is 6.92 Å². The van der Waals surface area contributed by atoms with Crippen LogP contribution in [0.15, 0.2) is 48.5 Å². The zero-order chi connectivity index (χ0) is 18.6. The Morgan fingerprint density at radius 2 is 1.16 bits per heavy atom. The zero-order valence-corrected chi connectivity index (χ0v) is 16.4. The summed E-state index contributed by atoms with van der Waals surface area (Å²) in [5, 5.41) is -0.233. The molecule has 0 fully saturated rings. The van der Waals surface area contributed by atoms with E-state index in [2.05, 4.69) is 0 Å². The number of hydrogen-bond acceptors (Lipinski definition) is 5. The van der Waals surface area contributed by atoms with Gasteiger partial charge in [0.2, 0.25) is 15.8 Å². The van der Waals surface area contributed by atoms with Crippen LogP contribution in [0.1, 0.15) is 38.8 Å². The molecule has 2 rings (SSSR count). The lowest BCUT2D eigenvalue weighted by Crippen LogP contribution is -2.37. The Labute approximate surface area is 159 Å². The summed E-state index contributed by atoms with van der Waals surface area (Å²) in [5.41, 5.74) is 2.65. The van der Waals surface area contributed by atoms with E-state index in [9.17, 15) is 14.4 Å². The summed E-state index contributed by atoms with van der Waals surface area (Å²) in [4.78, 5) is 37.3. The molecule has 0 heterocycles. The van der Waals surface area contributed by atoms with Gasteiger partial charge in [0.15, 0.2) is 5.12 Å². The number of aryl methyl sites for hydroxylation is 2. The van der Waals surface area contributed by atoms with Crippen molar-refractivity contribution < 1.29 is 14.4 Å². The maximum Gasteiger partial charge on any atom is 0.225 e. The molecule has 0 saturated carbocycles. The highest BCUT2D eigenvalue weighted by Crippen LogP contribution is 2.44. The lowest BCUT2D eigenvalue weighted by molar-refractivity contribution is -0.109. The number of alkyl halides is 1. The fourth-order valence-electron chi connectivity index (χ4n) is 2.08. The Balaban J connectivity index is 2.43. The van der Waals surface area contributed by atoms with Gasteiger partial charge in [-0.1, -0.05) is 71.3 Å².